The number of hydrogen-bond acceptors (Lipinski definition) is 5. The molecule has 0 aromatic heterocycles. The summed E-state index contributed by atoms with van der Waals surface area (Å²) in [5, 5.41) is 4.85. The van der Waals surface area contributed by atoms with Crippen molar-refractivity contribution in [1.82, 2.24) is 10.6 Å². The van der Waals surface area contributed by atoms with Gasteiger partial charge >= 0.3 is 12.1 Å². The largest absolute Gasteiger partial charge is 0.468 e. The molecule has 1 atom stereocenters. The number of fused-ring (bicyclic) bond motifs is 3. The SMILES string of the molecule is COC(=O)CNC(=O)[C@H](C)NC(=O)OCC1c2ccccc2-c2ccccc21. The number of esters is 1. The van der Waals surface area contributed by atoms with E-state index >= 15 is 0 Å². The summed E-state index contributed by atoms with van der Waals surface area (Å²) in [6, 6.07) is 15.2. The molecule has 7 nitrogen and oxygen atoms in total. The van der Waals surface area contributed by atoms with E-state index in [4.69, 9.17) is 4.74 Å². The van der Waals surface area contributed by atoms with Crippen LogP contribution in [0.1, 0.15) is 24.0 Å². The van der Waals surface area contributed by atoms with Crippen LogP contribution in [-0.2, 0) is 19.1 Å². The summed E-state index contributed by atoms with van der Waals surface area (Å²) in [6.45, 7) is 1.41. The molecule has 3 rings (SSSR count). The maximum absolute atomic E-state index is 12.1. The molecular formula is C21H22N2O5. The Morgan fingerprint density at radius 2 is 1.57 bits per heavy atom. The van der Waals surface area contributed by atoms with Crippen molar-refractivity contribution in [1.29, 1.82) is 0 Å². The highest BCUT2D eigenvalue weighted by atomic mass is 16.5. The van der Waals surface area contributed by atoms with Crippen molar-refractivity contribution in [3.63, 3.8) is 0 Å². The summed E-state index contributed by atoms with van der Waals surface area (Å²) in [6.07, 6.45) is -0.692. The first-order valence-corrected chi connectivity index (χ1v) is 8.97. The third-order valence-electron chi connectivity index (χ3n) is 4.71. The van der Waals surface area contributed by atoms with E-state index < -0.39 is 24.0 Å². The maximum atomic E-state index is 12.1. The normalized spacial score (nSPS) is 13.1. The lowest BCUT2D eigenvalue weighted by Crippen LogP contribution is -2.46. The Labute approximate surface area is 163 Å². The van der Waals surface area contributed by atoms with Gasteiger partial charge in [-0.1, -0.05) is 48.5 Å². The van der Waals surface area contributed by atoms with E-state index in [2.05, 4.69) is 27.5 Å². The molecule has 2 aromatic rings. The Kier molecular flexibility index (Phi) is 5.93. The highest BCUT2D eigenvalue weighted by Gasteiger charge is 2.29. The van der Waals surface area contributed by atoms with Crippen LogP contribution in [0.5, 0.6) is 0 Å². The first-order valence-electron chi connectivity index (χ1n) is 8.97. The Balaban J connectivity index is 1.58. The molecular weight excluding hydrogens is 360 g/mol. The second-order valence-electron chi connectivity index (χ2n) is 6.49. The van der Waals surface area contributed by atoms with Crippen molar-refractivity contribution < 1.29 is 23.9 Å². The third-order valence-corrected chi connectivity index (χ3v) is 4.71. The van der Waals surface area contributed by atoms with Crippen molar-refractivity contribution in [2.75, 3.05) is 20.3 Å². The number of amides is 2. The molecule has 1 aliphatic rings. The smallest absolute Gasteiger partial charge is 0.407 e. The average molecular weight is 382 g/mol. The zero-order chi connectivity index (χ0) is 20.1. The first-order chi connectivity index (χ1) is 13.5. The fourth-order valence-corrected chi connectivity index (χ4v) is 3.27. The summed E-state index contributed by atoms with van der Waals surface area (Å²) in [4.78, 5) is 35.1. The van der Waals surface area contributed by atoms with E-state index in [1.54, 1.807) is 0 Å². The summed E-state index contributed by atoms with van der Waals surface area (Å²) in [5.74, 6) is -1.12. The summed E-state index contributed by atoms with van der Waals surface area (Å²) in [5.41, 5.74) is 4.51. The van der Waals surface area contributed by atoms with Crippen LogP contribution >= 0.6 is 0 Å². The minimum Gasteiger partial charge on any atom is -0.468 e. The number of benzene rings is 2. The van der Waals surface area contributed by atoms with E-state index in [0.717, 1.165) is 22.3 Å². The highest BCUT2D eigenvalue weighted by Crippen LogP contribution is 2.44. The van der Waals surface area contributed by atoms with Crippen molar-refractivity contribution in [2.24, 2.45) is 0 Å². The molecule has 0 saturated heterocycles. The zero-order valence-corrected chi connectivity index (χ0v) is 15.7. The van der Waals surface area contributed by atoms with Gasteiger partial charge in [-0.2, -0.15) is 0 Å². The van der Waals surface area contributed by atoms with Crippen LogP contribution in [0.3, 0.4) is 0 Å². The van der Waals surface area contributed by atoms with Crippen molar-refractivity contribution in [3.05, 3.63) is 59.7 Å². The number of hydrogen-bond donors (Lipinski definition) is 2. The second-order valence-corrected chi connectivity index (χ2v) is 6.49. The molecule has 2 N–H and O–H groups in total. The summed E-state index contributed by atoms with van der Waals surface area (Å²) >= 11 is 0. The van der Waals surface area contributed by atoms with Gasteiger partial charge in [0.1, 0.15) is 19.2 Å². The predicted molar refractivity (Wildman–Crippen MR) is 103 cm³/mol. The Morgan fingerprint density at radius 1 is 1.00 bits per heavy atom. The van der Waals surface area contributed by atoms with Gasteiger partial charge in [-0.15, -0.1) is 0 Å². The standard InChI is InChI=1S/C21H22N2O5/c1-13(20(25)22-11-19(24)27-2)23-21(26)28-12-18-16-9-5-3-7-14(16)15-8-4-6-10-17(15)18/h3-10,13,18H,11-12H2,1-2H3,(H,22,25)(H,23,26)/t13-/m0/s1. The maximum Gasteiger partial charge on any atom is 0.407 e. The second kappa shape index (κ2) is 8.56. The molecule has 0 bridgehead atoms. The minimum atomic E-state index is -0.847. The lowest BCUT2D eigenvalue weighted by Gasteiger charge is -2.17. The number of carbonyl (C=O) groups is 3. The summed E-state index contributed by atoms with van der Waals surface area (Å²) in [7, 11) is 1.23. The van der Waals surface area contributed by atoms with Gasteiger partial charge in [-0.3, -0.25) is 9.59 Å². The molecule has 0 saturated carbocycles. The molecule has 0 aliphatic heterocycles. The number of nitrogens with one attached hydrogen (secondary N) is 2. The topological polar surface area (TPSA) is 93.7 Å². The minimum absolute atomic E-state index is 0.0541. The van der Waals surface area contributed by atoms with Crippen LogP contribution in [0.4, 0.5) is 4.79 Å². The Morgan fingerprint density at radius 3 is 2.14 bits per heavy atom. The monoisotopic (exact) mass is 382 g/mol. The molecule has 0 fully saturated rings. The van der Waals surface area contributed by atoms with Crippen LogP contribution in [0.25, 0.3) is 11.1 Å². The lowest BCUT2D eigenvalue weighted by molar-refractivity contribution is -0.141. The fourth-order valence-electron chi connectivity index (χ4n) is 3.27. The van der Waals surface area contributed by atoms with Crippen LogP contribution in [-0.4, -0.2) is 44.3 Å². The van der Waals surface area contributed by atoms with Gasteiger partial charge < -0.3 is 20.1 Å². The number of carbonyl (C=O) groups excluding carboxylic acids is 3. The van der Waals surface area contributed by atoms with Crippen LogP contribution in [0.15, 0.2) is 48.5 Å². The number of methoxy groups -OCH3 is 1. The number of rotatable bonds is 6. The van der Waals surface area contributed by atoms with E-state index in [-0.39, 0.29) is 19.1 Å². The molecule has 7 heteroatoms. The molecule has 1 aliphatic carbocycles. The quantitative estimate of drug-likeness (QED) is 0.747. The Bertz CT molecular complexity index is 850. The molecule has 146 valence electrons. The molecule has 0 spiro atoms. The Hall–Kier alpha value is -3.35. The van der Waals surface area contributed by atoms with Gasteiger partial charge in [0.05, 0.1) is 7.11 Å². The number of alkyl carbamates (subject to hydrolysis) is 1. The molecule has 0 heterocycles. The highest BCUT2D eigenvalue weighted by molar-refractivity contribution is 5.88. The summed E-state index contributed by atoms with van der Waals surface area (Å²) < 4.78 is 9.83. The van der Waals surface area contributed by atoms with Gasteiger partial charge in [0.15, 0.2) is 0 Å². The van der Waals surface area contributed by atoms with Gasteiger partial charge in [-0.25, -0.2) is 4.79 Å². The van der Waals surface area contributed by atoms with E-state index in [0.29, 0.717) is 0 Å². The van der Waals surface area contributed by atoms with Crippen molar-refractivity contribution >= 4 is 18.0 Å². The van der Waals surface area contributed by atoms with Gasteiger partial charge in [0.2, 0.25) is 5.91 Å². The van der Waals surface area contributed by atoms with E-state index in [1.807, 2.05) is 36.4 Å². The third kappa shape index (κ3) is 4.14. The molecule has 28 heavy (non-hydrogen) atoms. The van der Waals surface area contributed by atoms with Gasteiger partial charge in [0, 0.05) is 5.92 Å². The van der Waals surface area contributed by atoms with Crippen LogP contribution in [0, 0.1) is 0 Å². The van der Waals surface area contributed by atoms with Crippen molar-refractivity contribution in [2.45, 2.75) is 18.9 Å². The van der Waals surface area contributed by atoms with E-state index in [9.17, 15) is 14.4 Å². The fraction of sp³-hybridized carbons (Fsp3) is 0.286. The predicted octanol–water partition coefficient (Wildman–Crippen LogP) is 2.20. The molecule has 0 radical (unpaired) electrons. The van der Waals surface area contributed by atoms with Crippen LogP contribution < -0.4 is 10.6 Å². The van der Waals surface area contributed by atoms with Crippen LogP contribution in [0.2, 0.25) is 0 Å². The van der Waals surface area contributed by atoms with Gasteiger partial charge in [0.25, 0.3) is 0 Å². The van der Waals surface area contributed by atoms with Crippen molar-refractivity contribution in [3.8, 4) is 11.1 Å². The zero-order valence-electron chi connectivity index (χ0n) is 15.7. The van der Waals surface area contributed by atoms with Gasteiger partial charge in [-0.05, 0) is 29.2 Å². The number of ether oxygens (including phenoxy) is 2. The average Bonchev–Trinajstić information content (AvgIpc) is 3.04. The molecule has 2 amide bonds. The first kappa shape index (κ1) is 19.4. The van der Waals surface area contributed by atoms with E-state index in [1.165, 1.54) is 14.0 Å². The molecule has 0 unspecified atom stereocenters. The lowest BCUT2D eigenvalue weighted by atomic mass is 9.98. The molecule has 2 aromatic carbocycles.